The standard InChI is InChI=1S/C17H28N4O5.C16H26N4O6/c1-17(2,3)25-16(24)20-8-7-12(10-20)26-18-14(22)13-6-5-11-9-21(13)15(23)19(11)4;1-16(2,3)25-15(23)18-7-6-11(9-18)26-17-13(21)12-5-4-10-8-19(12)14(22)20(10)24/h11-13H,5-10H2,1-4H3,(H,18,22);10-12,24H,4-9H2,1-3H3,(H,17,21)/t11-,12?,13+;10-,11?,12+/m11/s1. The number of piperidine rings is 2. The van der Waals surface area contributed by atoms with Crippen LogP contribution in [0.4, 0.5) is 19.2 Å². The number of ether oxygens (including phenoxy) is 2. The fraction of sp³-hybridized carbons (Fsp3) is 0.818. The maximum absolute atomic E-state index is 12.4. The van der Waals surface area contributed by atoms with Gasteiger partial charge in [-0.15, -0.1) is 0 Å². The molecule has 0 spiro atoms. The highest BCUT2D eigenvalue weighted by atomic mass is 16.7. The number of hydrogen-bond donors (Lipinski definition) is 3. The first-order valence-corrected chi connectivity index (χ1v) is 18.0. The highest BCUT2D eigenvalue weighted by Gasteiger charge is 2.48. The van der Waals surface area contributed by atoms with Crippen LogP contribution in [0.15, 0.2) is 0 Å². The number of carbonyl (C=O) groups is 6. The molecule has 4 bridgehead atoms. The Bertz CT molecular complexity index is 1280. The van der Waals surface area contributed by atoms with E-state index in [1.807, 2.05) is 20.8 Å². The molecule has 0 aromatic carbocycles. The lowest BCUT2D eigenvalue weighted by Gasteiger charge is -2.29. The van der Waals surface area contributed by atoms with Gasteiger partial charge in [-0.1, -0.05) is 0 Å². The maximum atomic E-state index is 12.4. The Balaban J connectivity index is 0.000000201. The van der Waals surface area contributed by atoms with Crippen LogP contribution >= 0.6 is 0 Å². The molecular weight excluding hydrogens is 684 g/mol. The Kier molecular flexibility index (Phi) is 11.6. The summed E-state index contributed by atoms with van der Waals surface area (Å²) in [5, 5.41) is 10.4. The minimum absolute atomic E-state index is 0.107. The number of hydroxylamine groups is 4. The van der Waals surface area contributed by atoms with E-state index in [0.29, 0.717) is 76.4 Å². The van der Waals surface area contributed by atoms with Gasteiger partial charge in [0.05, 0.1) is 25.2 Å². The maximum Gasteiger partial charge on any atom is 0.410 e. The SMILES string of the molecule is CC(C)(C)OC(=O)N1CCC(ONC(=O)[C@@H]2CC[C@@H]3CN2C(=O)N3O)C1.CN1C(=O)N2C[C@H]1CC[C@H]2C(=O)NOC1CCN(C(=O)OC(C)(C)C)C1. The summed E-state index contributed by atoms with van der Waals surface area (Å²) in [4.78, 5) is 91.7. The number of likely N-dealkylation sites (tertiary alicyclic amines) is 2. The normalized spacial score (nSPS) is 28.5. The highest BCUT2D eigenvalue weighted by Crippen LogP contribution is 2.30. The lowest BCUT2D eigenvalue weighted by molar-refractivity contribution is -0.143. The van der Waals surface area contributed by atoms with Gasteiger partial charge in [-0.3, -0.25) is 24.5 Å². The molecule has 0 aromatic rings. The molecule has 0 radical (unpaired) electrons. The van der Waals surface area contributed by atoms with Crippen molar-refractivity contribution in [1.82, 2.24) is 40.5 Å². The van der Waals surface area contributed by atoms with Gasteiger partial charge < -0.3 is 34.0 Å². The number of fused-ring (bicyclic) bond motifs is 4. The zero-order chi connectivity index (χ0) is 38.1. The Morgan fingerprint density at radius 3 is 1.52 bits per heavy atom. The Morgan fingerprint density at radius 1 is 0.635 bits per heavy atom. The average molecular weight is 739 g/mol. The van der Waals surface area contributed by atoms with E-state index in [0.717, 1.165) is 6.42 Å². The summed E-state index contributed by atoms with van der Waals surface area (Å²) < 4.78 is 10.7. The van der Waals surface area contributed by atoms with Gasteiger partial charge in [-0.05, 0) is 80.1 Å². The third-order valence-corrected chi connectivity index (χ3v) is 9.85. The van der Waals surface area contributed by atoms with Crippen LogP contribution in [-0.4, -0.2) is 165 Å². The predicted molar refractivity (Wildman–Crippen MR) is 180 cm³/mol. The van der Waals surface area contributed by atoms with Crippen molar-refractivity contribution in [1.29, 1.82) is 0 Å². The monoisotopic (exact) mass is 738 g/mol. The van der Waals surface area contributed by atoms with E-state index >= 15 is 0 Å². The number of rotatable bonds is 6. The van der Waals surface area contributed by atoms with Crippen molar-refractivity contribution in [3.8, 4) is 0 Å². The lowest BCUT2D eigenvalue weighted by Crippen LogP contribution is -2.50. The van der Waals surface area contributed by atoms with Gasteiger partial charge in [-0.25, -0.2) is 35.2 Å². The van der Waals surface area contributed by atoms with Crippen LogP contribution in [0, 0.1) is 0 Å². The van der Waals surface area contributed by atoms with Gasteiger partial charge >= 0.3 is 24.2 Å². The van der Waals surface area contributed by atoms with E-state index < -0.39 is 41.3 Å². The quantitative estimate of drug-likeness (QED) is 0.264. The summed E-state index contributed by atoms with van der Waals surface area (Å²) in [6.07, 6.45) is 2.29. The van der Waals surface area contributed by atoms with Crippen LogP contribution in [0.25, 0.3) is 0 Å². The molecule has 6 aliphatic rings. The van der Waals surface area contributed by atoms with Crippen molar-refractivity contribution in [2.24, 2.45) is 0 Å². The first-order chi connectivity index (χ1) is 24.3. The number of urea groups is 2. The van der Waals surface area contributed by atoms with E-state index in [4.69, 9.17) is 19.1 Å². The second kappa shape index (κ2) is 15.5. The average Bonchev–Trinajstić information content (AvgIpc) is 3.84. The number of likely N-dealkylation sites (N-methyl/N-ethyl adjacent to an activating group) is 1. The fourth-order valence-electron chi connectivity index (χ4n) is 7.09. The predicted octanol–water partition coefficient (Wildman–Crippen LogP) is 1.64. The van der Waals surface area contributed by atoms with Crippen LogP contribution in [-0.2, 0) is 28.7 Å². The van der Waals surface area contributed by atoms with Crippen molar-refractivity contribution in [2.45, 2.75) is 128 Å². The molecule has 6 heterocycles. The first kappa shape index (κ1) is 39.1. The van der Waals surface area contributed by atoms with E-state index in [9.17, 15) is 34.0 Å². The van der Waals surface area contributed by atoms with Gasteiger partial charge in [0.2, 0.25) is 0 Å². The van der Waals surface area contributed by atoms with Crippen LogP contribution in [0.5, 0.6) is 0 Å². The summed E-state index contributed by atoms with van der Waals surface area (Å²) in [5.41, 5.74) is 3.79. The van der Waals surface area contributed by atoms with Gasteiger partial charge in [0.15, 0.2) is 0 Å². The third kappa shape index (κ3) is 9.27. The molecule has 2 unspecified atom stereocenters. The molecule has 6 aliphatic heterocycles. The summed E-state index contributed by atoms with van der Waals surface area (Å²) in [7, 11) is 1.77. The van der Waals surface area contributed by atoms with E-state index in [1.54, 1.807) is 47.4 Å². The first-order valence-electron chi connectivity index (χ1n) is 18.0. The molecule has 3 N–H and O–H groups in total. The Hall–Kier alpha value is -4.10. The van der Waals surface area contributed by atoms with Crippen LogP contribution in [0.1, 0.15) is 80.1 Å². The molecule has 6 rings (SSSR count). The molecule has 6 fully saturated rings. The summed E-state index contributed by atoms with van der Waals surface area (Å²) in [6.45, 7) is 13.5. The Labute approximate surface area is 303 Å². The van der Waals surface area contributed by atoms with Crippen molar-refractivity contribution in [3.05, 3.63) is 0 Å². The number of amides is 8. The van der Waals surface area contributed by atoms with Crippen molar-refractivity contribution < 1.29 is 53.1 Å². The van der Waals surface area contributed by atoms with Crippen LogP contribution < -0.4 is 11.0 Å². The van der Waals surface area contributed by atoms with E-state index in [-0.39, 0.29) is 42.3 Å². The van der Waals surface area contributed by atoms with Gasteiger partial charge in [0, 0.05) is 33.2 Å². The highest BCUT2D eigenvalue weighted by molar-refractivity contribution is 5.89. The van der Waals surface area contributed by atoms with Crippen LogP contribution in [0.2, 0.25) is 0 Å². The topological polar surface area (TPSA) is 203 Å². The number of hydrogen-bond acceptors (Lipinski definition) is 11. The molecule has 6 saturated heterocycles. The third-order valence-electron chi connectivity index (χ3n) is 9.85. The zero-order valence-corrected chi connectivity index (χ0v) is 31.2. The minimum Gasteiger partial charge on any atom is -0.444 e. The second-order valence-corrected chi connectivity index (χ2v) is 16.2. The lowest BCUT2D eigenvalue weighted by atomic mass is 10.0. The summed E-state index contributed by atoms with van der Waals surface area (Å²) in [5.74, 6) is -0.717. The van der Waals surface area contributed by atoms with E-state index in [2.05, 4.69) is 11.0 Å². The second-order valence-electron chi connectivity index (χ2n) is 16.2. The molecule has 19 nitrogen and oxygen atoms in total. The molecule has 6 atom stereocenters. The van der Waals surface area contributed by atoms with Gasteiger partial charge in [0.1, 0.15) is 35.5 Å². The van der Waals surface area contributed by atoms with Gasteiger partial charge in [0.25, 0.3) is 11.8 Å². The number of nitrogens with zero attached hydrogens (tertiary/aromatic N) is 6. The van der Waals surface area contributed by atoms with Crippen molar-refractivity contribution in [3.63, 3.8) is 0 Å². The Morgan fingerprint density at radius 2 is 1.06 bits per heavy atom. The molecule has 292 valence electrons. The van der Waals surface area contributed by atoms with Crippen molar-refractivity contribution >= 4 is 36.1 Å². The number of nitrogens with one attached hydrogen (secondary N) is 2. The summed E-state index contributed by atoms with van der Waals surface area (Å²) >= 11 is 0. The zero-order valence-electron chi connectivity index (χ0n) is 31.2. The molecule has 52 heavy (non-hydrogen) atoms. The molecule has 0 aliphatic carbocycles. The molecule has 0 aromatic heterocycles. The largest absolute Gasteiger partial charge is 0.444 e. The molecular formula is C33H54N8O11. The molecule has 19 heteroatoms. The smallest absolute Gasteiger partial charge is 0.410 e. The van der Waals surface area contributed by atoms with Gasteiger partial charge in [-0.2, -0.15) is 0 Å². The van der Waals surface area contributed by atoms with Crippen LogP contribution in [0.3, 0.4) is 0 Å². The number of carbonyl (C=O) groups excluding carboxylic acids is 6. The fourth-order valence-corrected chi connectivity index (χ4v) is 7.09. The summed E-state index contributed by atoms with van der Waals surface area (Å²) in [6, 6.07) is -1.85. The molecule has 0 saturated carbocycles. The minimum atomic E-state index is -0.653. The van der Waals surface area contributed by atoms with Crippen molar-refractivity contribution in [2.75, 3.05) is 46.3 Å². The molecule has 8 amide bonds. The van der Waals surface area contributed by atoms with E-state index in [1.165, 1.54) is 4.90 Å².